The third-order valence-electron chi connectivity index (χ3n) is 0.464. The van der Waals surface area contributed by atoms with Gasteiger partial charge in [0, 0.05) is 32.3 Å². The van der Waals surface area contributed by atoms with E-state index in [1.807, 2.05) is 6.92 Å². The first kappa shape index (κ1) is 10.3. The van der Waals surface area contributed by atoms with Crippen molar-refractivity contribution in [3.63, 3.8) is 0 Å². The standard InChI is InChI=1S/C4H8O2.Hf/c1-2-3-4(5)6;/h2-3H2,1H3,(H,5,6);. The molecule has 0 amide bonds. The average molecular weight is 267 g/mol. The van der Waals surface area contributed by atoms with Gasteiger partial charge in [-0.3, -0.25) is 4.79 Å². The molecule has 2 nitrogen and oxygen atoms in total. The quantitative estimate of drug-likeness (QED) is 0.753. The Labute approximate surface area is 61.7 Å². The molecule has 0 aliphatic heterocycles. The molecule has 0 bridgehead atoms. The van der Waals surface area contributed by atoms with Crippen LogP contribution in [-0.2, 0) is 30.6 Å². The van der Waals surface area contributed by atoms with Crippen LogP contribution in [0.5, 0.6) is 0 Å². The number of carboxylic acids is 1. The molecule has 1 N–H and O–H groups in total. The summed E-state index contributed by atoms with van der Waals surface area (Å²) < 4.78 is 0. The molecule has 0 aromatic carbocycles. The average Bonchev–Trinajstić information content (AvgIpc) is 1.35. The van der Waals surface area contributed by atoms with Crippen LogP contribution in [0, 0.1) is 0 Å². The molecule has 3 heteroatoms. The fourth-order valence-corrected chi connectivity index (χ4v) is 0.214. The van der Waals surface area contributed by atoms with E-state index in [0.717, 1.165) is 6.42 Å². The van der Waals surface area contributed by atoms with Crippen molar-refractivity contribution in [1.29, 1.82) is 0 Å². The number of aliphatic carboxylic acids is 1. The van der Waals surface area contributed by atoms with E-state index >= 15 is 0 Å². The van der Waals surface area contributed by atoms with Crippen LogP contribution in [0.4, 0.5) is 0 Å². The van der Waals surface area contributed by atoms with Gasteiger partial charge in [-0.15, -0.1) is 0 Å². The molecule has 0 aliphatic carbocycles. The van der Waals surface area contributed by atoms with Gasteiger partial charge in [-0.2, -0.15) is 0 Å². The van der Waals surface area contributed by atoms with E-state index in [1.54, 1.807) is 0 Å². The summed E-state index contributed by atoms with van der Waals surface area (Å²) in [4.78, 5) is 9.60. The molecule has 40 valence electrons. The van der Waals surface area contributed by atoms with E-state index in [0.29, 0.717) is 6.42 Å². The van der Waals surface area contributed by atoms with Gasteiger partial charge in [0.2, 0.25) is 0 Å². The molecule has 0 unspecified atom stereocenters. The zero-order chi connectivity index (χ0) is 4.99. The van der Waals surface area contributed by atoms with Gasteiger partial charge < -0.3 is 5.11 Å². The normalized spacial score (nSPS) is 7.00. The number of carboxylic acid groups (broad SMARTS) is 1. The van der Waals surface area contributed by atoms with Crippen LogP contribution in [0.15, 0.2) is 0 Å². The number of carbonyl (C=O) groups is 1. The van der Waals surface area contributed by atoms with Crippen molar-refractivity contribution < 1.29 is 35.7 Å². The summed E-state index contributed by atoms with van der Waals surface area (Å²) in [5.74, 6) is -0.711. The summed E-state index contributed by atoms with van der Waals surface area (Å²) in [6.07, 6.45) is 1.02. The largest absolute Gasteiger partial charge is 0.481 e. The molecular formula is C4H8HfO2. The molecular weight excluding hydrogens is 259 g/mol. The molecule has 0 saturated carbocycles. The summed E-state index contributed by atoms with van der Waals surface area (Å²) in [6, 6.07) is 0. The molecule has 0 aromatic rings. The van der Waals surface area contributed by atoms with Crippen LogP contribution in [-0.4, -0.2) is 11.1 Å². The zero-order valence-corrected chi connectivity index (χ0v) is 7.86. The molecule has 0 saturated heterocycles. The second-order valence-electron chi connectivity index (χ2n) is 1.14. The minimum atomic E-state index is -0.711. The van der Waals surface area contributed by atoms with Crippen LogP contribution in [0.25, 0.3) is 0 Å². The Morgan fingerprint density at radius 1 is 1.71 bits per heavy atom. The maximum atomic E-state index is 9.60. The Morgan fingerprint density at radius 3 is 2.14 bits per heavy atom. The molecule has 0 fully saturated rings. The minimum Gasteiger partial charge on any atom is -0.481 e. The minimum absolute atomic E-state index is 0. The second kappa shape index (κ2) is 6.34. The van der Waals surface area contributed by atoms with Crippen molar-refractivity contribution in [1.82, 2.24) is 0 Å². The Balaban J connectivity index is 0. The first-order valence-electron chi connectivity index (χ1n) is 1.99. The van der Waals surface area contributed by atoms with Gasteiger partial charge in [-0.05, 0) is 6.42 Å². The fraction of sp³-hybridized carbons (Fsp3) is 0.750. The Morgan fingerprint density at radius 2 is 2.14 bits per heavy atom. The SMILES string of the molecule is CCCC(=O)O.[Hf]. The Hall–Kier alpha value is 0.340. The summed E-state index contributed by atoms with van der Waals surface area (Å²) in [7, 11) is 0. The van der Waals surface area contributed by atoms with Gasteiger partial charge in [0.25, 0.3) is 0 Å². The zero-order valence-electron chi connectivity index (χ0n) is 4.27. The predicted molar refractivity (Wildman–Crippen MR) is 22.5 cm³/mol. The van der Waals surface area contributed by atoms with Crippen LogP contribution in [0.2, 0.25) is 0 Å². The van der Waals surface area contributed by atoms with Crippen molar-refractivity contribution in [3.05, 3.63) is 0 Å². The molecule has 0 aliphatic rings. The topological polar surface area (TPSA) is 37.3 Å². The summed E-state index contributed by atoms with van der Waals surface area (Å²) in [6.45, 7) is 1.84. The monoisotopic (exact) mass is 268 g/mol. The van der Waals surface area contributed by atoms with E-state index in [-0.39, 0.29) is 25.8 Å². The van der Waals surface area contributed by atoms with E-state index in [1.165, 1.54) is 0 Å². The third kappa shape index (κ3) is 10.7. The van der Waals surface area contributed by atoms with E-state index in [9.17, 15) is 4.79 Å². The van der Waals surface area contributed by atoms with Crippen molar-refractivity contribution in [3.8, 4) is 0 Å². The van der Waals surface area contributed by atoms with Gasteiger partial charge in [0.1, 0.15) is 0 Å². The summed E-state index contributed by atoms with van der Waals surface area (Å²) in [5, 5.41) is 7.91. The fourth-order valence-electron chi connectivity index (χ4n) is 0.214. The summed E-state index contributed by atoms with van der Waals surface area (Å²) >= 11 is 0. The maximum absolute atomic E-state index is 9.60. The van der Waals surface area contributed by atoms with E-state index in [2.05, 4.69) is 0 Å². The maximum Gasteiger partial charge on any atom is 0.303 e. The van der Waals surface area contributed by atoms with Crippen molar-refractivity contribution in [2.24, 2.45) is 0 Å². The Kier molecular flexibility index (Phi) is 9.37. The van der Waals surface area contributed by atoms with Gasteiger partial charge in [0.15, 0.2) is 0 Å². The number of rotatable bonds is 2. The smallest absolute Gasteiger partial charge is 0.303 e. The van der Waals surface area contributed by atoms with Crippen LogP contribution < -0.4 is 0 Å². The third-order valence-corrected chi connectivity index (χ3v) is 0.464. The Bertz CT molecular complexity index is 53.7. The molecule has 7 heavy (non-hydrogen) atoms. The van der Waals surface area contributed by atoms with Crippen LogP contribution in [0.1, 0.15) is 19.8 Å². The van der Waals surface area contributed by atoms with Crippen LogP contribution >= 0.6 is 0 Å². The van der Waals surface area contributed by atoms with Crippen molar-refractivity contribution >= 4 is 5.97 Å². The van der Waals surface area contributed by atoms with E-state index < -0.39 is 5.97 Å². The first-order chi connectivity index (χ1) is 2.77. The van der Waals surface area contributed by atoms with Crippen molar-refractivity contribution in [2.45, 2.75) is 19.8 Å². The predicted octanol–water partition coefficient (Wildman–Crippen LogP) is 0.869. The van der Waals surface area contributed by atoms with E-state index in [4.69, 9.17) is 5.11 Å². The number of hydrogen-bond donors (Lipinski definition) is 1. The first-order valence-corrected chi connectivity index (χ1v) is 1.99. The van der Waals surface area contributed by atoms with Gasteiger partial charge in [-0.25, -0.2) is 0 Å². The molecule has 0 spiro atoms. The second-order valence-corrected chi connectivity index (χ2v) is 1.14. The van der Waals surface area contributed by atoms with Gasteiger partial charge in [-0.1, -0.05) is 6.92 Å². The number of hydrogen-bond acceptors (Lipinski definition) is 1. The molecule has 0 atom stereocenters. The van der Waals surface area contributed by atoms with Gasteiger partial charge >= 0.3 is 5.97 Å². The molecule has 0 heterocycles. The molecule has 0 rings (SSSR count). The summed E-state index contributed by atoms with van der Waals surface area (Å²) in [5.41, 5.74) is 0. The van der Waals surface area contributed by atoms with Crippen LogP contribution in [0.3, 0.4) is 0 Å². The van der Waals surface area contributed by atoms with Crippen molar-refractivity contribution in [2.75, 3.05) is 0 Å². The van der Waals surface area contributed by atoms with Gasteiger partial charge in [0.05, 0.1) is 0 Å². The molecule has 0 radical (unpaired) electrons. The molecule has 0 aromatic heterocycles.